The van der Waals surface area contributed by atoms with Crippen molar-refractivity contribution in [1.29, 1.82) is 0 Å². The van der Waals surface area contributed by atoms with Gasteiger partial charge in [0, 0.05) is 43.4 Å². The minimum atomic E-state index is -0.509. The van der Waals surface area contributed by atoms with Crippen LogP contribution in [0.25, 0.3) is 0 Å². The Kier molecular flexibility index (Phi) is 6.90. The molecule has 6 nitrogen and oxygen atoms in total. The average Bonchev–Trinajstić information content (AvgIpc) is 2.70. The summed E-state index contributed by atoms with van der Waals surface area (Å²) in [4.78, 5) is 29.1. The molecule has 148 valence electrons. The lowest BCUT2D eigenvalue weighted by molar-refractivity contribution is -0.125. The molecule has 1 fully saturated rings. The van der Waals surface area contributed by atoms with Crippen LogP contribution in [0.3, 0.4) is 0 Å². The van der Waals surface area contributed by atoms with Gasteiger partial charge in [0.15, 0.2) is 0 Å². The summed E-state index contributed by atoms with van der Waals surface area (Å²) < 4.78 is 0. The van der Waals surface area contributed by atoms with Crippen molar-refractivity contribution in [3.63, 3.8) is 0 Å². The lowest BCUT2D eigenvalue weighted by Crippen LogP contribution is -2.52. The first kappa shape index (κ1) is 20.2. The van der Waals surface area contributed by atoms with Crippen molar-refractivity contribution in [2.75, 3.05) is 37.6 Å². The number of nitrogens with zero attached hydrogens (tertiary/aromatic N) is 2. The number of amides is 3. The standard InChI is InChI=1S/C21H25ClN4O2/c1-2-23-21(28)24-20(27)19(16-7-4-3-5-8-16)26-13-11-25(12-14-26)18-10-6-9-17(22)15-18/h3-10,15,19H,2,11-14H2,1H3,(H2,23,24,27,28)/t19-/m1/s1. The predicted octanol–water partition coefficient (Wildman–Crippen LogP) is 3.05. The van der Waals surface area contributed by atoms with Crippen LogP contribution in [0.15, 0.2) is 54.6 Å². The number of hydrogen-bond acceptors (Lipinski definition) is 4. The zero-order valence-electron chi connectivity index (χ0n) is 15.9. The smallest absolute Gasteiger partial charge is 0.321 e. The molecule has 28 heavy (non-hydrogen) atoms. The maximum absolute atomic E-state index is 12.9. The number of nitrogens with one attached hydrogen (secondary N) is 2. The van der Waals surface area contributed by atoms with Crippen LogP contribution in [-0.4, -0.2) is 49.6 Å². The van der Waals surface area contributed by atoms with Gasteiger partial charge >= 0.3 is 6.03 Å². The second kappa shape index (κ2) is 9.57. The van der Waals surface area contributed by atoms with Crippen LogP contribution in [0.1, 0.15) is 18.5 Å². The molecule has 0 bridgehead atoms. The molecular weight excluding hydrogens is 376 g/mol. The van der Waals surface area contributed by atoms with Gasteiger partial charge in [-0.3, -0.25) is 15.0 Å². The molecule has 0 radical (unpaired) electrons. The molecule has 1 heterocycles. The van der Waals surface area contributed by atoms with Crippen LogP contribution >= 0.6 is 11.6 Å². The number of piperazine rings is 1. The van der Waals surface area contributed by atoms with Crippen LogP contribution in [0, 0.1) is 0 Å². The Bertz CT molecular complexity index is 807. The maximum Gasteiger partial charge on any atom is 0.321 e. The summed E-state index contributed by atoms with van der Waals surface area (Å²) in [5.74, 6) is -0.312. The van der Waals surface area contributed by atoms with Crippen LogP contribution in [0.4, 0.5) is 10.5 Å². The minimum absolute atomic E-state index is 0.312. The quantitative estimate of drug-likeness (QED) is 0.809. The van der Waals surface area contributed by atoms with E-state index in [1.165, 1.54) is 0 Å². The number of carbonyl (C=O) groups excluding carboxylic acids is 2. The molecule has 7 heteroatoms. The van der Waals surface area contributed by atoms with Crippen molar-refractivity contribution in [3.8, 4) is 0 Å². The van der Waals surface area contributed by atoms with Gasteiger partial charge in [0.25, 0.3) is 0 Å². The minimum Gasteiger partial charge on any atom is -0.369 e. The summed E-state index contributed by atoms with van der Waals surface area (Å²) in [7, 11) is 0. The first-order chi connectivity index (χ1) is 13.6. The van der Waals surface area contributed by atoms with Gasteiger partial charge in [-0.15, -0.1) is 0 Å². The van der Waals surface area contributed by atoms with Gasteiger partial charge in [0.1, 0.15) is 6.04 Å². The normalized spacial score (nSPS) is 15.7. The van der Waals surface area contributed by atoms with Gasteiger partial charge in [-0.25, -0.2) is 4.79 Å². The average molecular weight is 401 g/mol. The van der Waals surface area contributed by atoms with E-state index in [1.807, 2.05) is 61.5 Å². The van der Waals surface area contributed by atoms with Gasteiger partial charge in [-0.2, -0.15) is 0 Å². The topological polar surface area (TPSA) is 64.7 Å². The Morgan fingerprint density at radius 1 is 1.04 bits per heavy atom. The van der Waals surface area contributed by atoms with Crippen LogP contribution in [0.2, 0.25) is 5.02 Å². The summed E-state index contributed by atoms with van der Waals surface area (Å²) in [6.45, 7) is 5.24. The third kappa shape index (κ3) is 5.03. The Morgan fingerprint density at radius 3 is 2.39 bits per heavy atom. The number of benzene rings is 2. The van der Waals surface area contributed by atoms with Crippen LogP contribution < -0.4 is 15.5 Å². The van der Waals surface area contributed by atoms with Crippen molar-refractivity contribution >= 4 is 29.2 Å². The summed E-state index contributed by atoms with van der Waals surface area (Å²) >= 11 is 6.11. The van der Waals surface area contributed by atoms with E-state index in [-0.39, 0.29) is 5.91 Å². The van der Waals surface area contributed by atoms with Crippen molar-refractivity contribution < 1.29 is 9.59 Å². The predicted molar refractivity (Wildman–Crippen MR) is 112 cm³/mol. The zero-order valence-corrected chi connectivity index (χ0v) is 16.7. The number of anilines is 1. The van der Waals surface area contributed by atoms with E-state index in [1.54, 1.807) is 0 Å². The molecule has 2 aromatic rings. The van der Waals surface area contributed by atoms with Crippen molar-refractivity contribution in [1.82, 2.24) is 15.5 Å². The van der Waals surface area contributed by atoms with E-state index >= 15 is 0 Å². The number of halogens is 1. The van der Waals surface area contributed by atoms with E-state index in [9.17, 15) is 9.59 Å². The molecule has 1 saturated heterocycles. The fourth-order valence-electron chi connectivity index (χ4n) is 3.46. The monoisotopic (exact) mass is 400 g/mol. The van der Waals surface area contributed by atoms with Gasteiger partial charge in [-0.05, 0) is 30.7 Å². The SMILES string of the molecule is CCNC(=O)NC(=O)[C@@H](c1ccccc1)N1CCN(c2cccc(Cl)c2)CC1. The Hall–Kier alpha value is -2.57. The first-order valence-corrected chi connectivity index (χ1v) is 9.84. The summed E-state index contributed by atoms with van der Waals surface area (Å²) in [6.07, 6.45) is 0. The van der Waals surface area contributed by atoms with E-state index in [4.69, 9.17) is 11.6 Å². The molecule has 0 saturated carbocycles. The molecular formula is C21H25ClN4O2. The third-order valence-electron chi connectivity index (χ3n) is 4.79. The molecule has 3 rings (SSSR count). The van der Waals surface area contributed by atoms with E-state index < -0.39 is 12.1 Å². The second-order valence-electron chi connectivity index (χ2n) is 6.66. The Balaban J connectivity index is 1.73. The molecule has 0 aromatic heterocycles. The Morgan fingerprint density at radius 2 is 1.75 bits per heavy atom. The molecule has 1 atom stereocenters. The number of carbonyl (C=O) groups is 2. The number of urea groups is 1. The lowest BCUT2D eigenvalue weighted by atomic mass is 10.0. The molecule has 2 aromatic carbocycles. The van der Waals surface area contributed by atoms with Crippen molar-refractivity contribution in [2.24, 2.45) is 0 Å². The van der Waals surface area contributed by atoms with E-state index in [2.05, 4.69) is 20.4 Å². The summed E-state index contributed by atoms with van der Waals surface area (Å²) in [6, 6.07) is 16.4. The molecule has 0 unspecified atom stereocenters. The van der Waals surface area contributed by atoms with E-state index in [0.29, 0.717) is 24.7 Å². The third-order valence-corrected chi connectivity index (χ3v) is 5.03. The molecule has 1 aliphatic rings. The van der Waals surface area contributed by atoms with Crippen LogP contribution in [-0.2, 0) is 4.79 Å². The largest absolute Gasteiger partial charge is 0.369 e. The number of hydrogen-bond donors (Lipinski definition) is 2. The highest BCUT2D eigenvalue weighted by atomic mass is 35.5. The second-order valence-corrected chi connectivity index (χ2v) is 7.10. The zero-order chi connectivity index (χ0) is 19.9. The summed E-state index contributed by atoms with van der Waals surface area (Å²) in [5, 5.41) is 5.79. The van der Waals surface area contributed by atoms with Crippen molar-refractivity contribution in [2.45, 2.75) is 13.0 Å². The fourth-order valence-corrected chi connectivity index (χ4v) is 3.64. The molecule has 0 spiro atoms. The van der Waals surface area contributed by atoms with Gasteiger partial charge in [-0.1, -0.05) is 48.0 Å². The van der Waals surface area contributed by atoms with Crippen molar-refractivity contribution in [3.05, 3.63) is 65.2 Å². The molecule has 3 amide bonds. The first-order valence-electron chi connectivity index (χ1n) is 9.46. The molecule has 1 aliphatic heterocycles. The van der Waals surface area contributed by atoms with E-state index in [0.717, 1.165) is 24.3 Å². The summed E-state index contributed by atoms with van der Waals surface area (Å²) in [5.41, 5.74) is 1.95. The highest BCUT2D eigenvalue weighted by Crippen LogP contribution is 2.25. The number of rotatable bonds is 5. The van der Waals surface area contributed by atoms with Gasteiger partial charge in [0.2, 0.25) is 5.91 Å². The van der Waals surface area contributed by atoms with Crippen LogP contribution in [0.5, 0.6) is 0 Å². The molecule has 2 N–H and O–H groups in total. The maximum atomic E-state index is 12.9. The lowest BCUT2D eigenvalue weighted by Gasteiger charge is -2.39. The number of imide groups is 1. The fraction of sp³-hybridized carbons (Fsp3) is 0.333. The Labute approximate surface area is 170 Å². The van der Waals surface area contributed by atoms with Gasteiger partial charge in [0.05, 0.1) is 0 Å². The molecule has 0 aliphatic carbocycles. The highest BCUT2D eigenvalue weighted by Gasteiger charge is 2.31. The van der Waals surface area contributed by atoms with Gasteiger partial charge < -0.3 is 10.2 Å². The highest BCUT2D eigenvalue weighted by molar-refractivity contribution is 6.30.